The first-order valence-electron chi connectivity index (χ1n) is 8.92. The molecular weight excluding hydrogens is 330 g/mol. The van der Waals surface area contributed by atoms with Crippen LogP contribution in [-0.2, 0) is 4.74 Å². The molecule has 5 rings (SSSR count). The molecule has 0 bridgehead atoms. The van der Waals surface area contributed by atoms with Crippen molar-refractivity contribution in [2.24, 2.45) is 5.92 Å². The third kappa shape index (κ3) is 2.47. The van der Waals surface area contributed by atoms with Crippen LogP contribution in [0.3, 0.4) is 0 Å². The maximum absolute atomic E-state index is 13.2. The van der Waals surface area contributed by atoms with Gasteiger partial charge in [-0.25, -0.2) is 4.98 Å². The minimum absolute atomic E-state index is 0.0368. The van der Waals surface area contributed by atoms with E-state index >= 15 is 0 Å². The molecule has 0 saturated carbocycles. The van der Waals surface area contributed by atoms with E-state index in [4.69, 9.17) is 4.74 Å². The number of ether oxygens (including phenoxy) is 1. The van der Waals surface area contributed by atoms with Gasteiger partial charge in [-0.2, -0.15) is 10.3 Å². The van der Waals surface area contributed by atoms with Crippen molar-refractivity contribution >= 4 is 17.1 Å². The molecule has 4 heterocycles. The summed E-state index contributed by atoms with van der Waals surface area (Å²) < 4.78 is 5.74. The van der Waals surface area contributed by atoms with Gasteiger partial charge in [0, 0.05) is 31.0 Å². The third-order valence-corrected chi connectivity index (χ3v) is 5.56. The number of benzene rings is 1. The van der Waals surface area contributed by atoms with E-state index in [1.807, 2.05) is 11.0 Å². The van der Waals surface area contributed by atoms with Gasteiger partial charge in [-0.05, 0) is 24.1 Å². The van der Waals surface area contributed by atoms with E-state index in [1.54, 1.807) is 12.1 Å². The normalized spacial score (nSPS) is 25.4. The fourth-order valence-corrected chi connectivity index (χ4v) is 4.29. The molecule has 2 aliphatic rings. The number of pyridine rings is 1. The van der Waals surface area contributed by atoms with E-state index in [2.05, 4.69) is 44.7 Å². The van der Waals surface area contributed by atoms with Crippen molar-refractivity contribution in [3.63, 3.8) is 0 Å². The Morgan fingerprint density at radius 1 is 1.15 bits per heavy atom. The zero-order chi connectivity index (χ0) is 17.5. The summed E-state index contributed by atoms with van der Waals surface area (Å²) in [7, 11) is 0. The molecule has 7 heteroatoms. The second-order valence-electron chi connectivity index (χ2n) is 6.93. The van der Waals surface area contributed by atoms with E-state index in [-0.39, 0.29) is 11.9 Å². The third-order valence-electron chi connectivity index (χ3n) is 5.56. The van der Waals surface area contributed by atoms with Gasteiger partial charge < -0.3 is 9.64 Å². The quantitative estimate of drug-likeness (QED) is 0.765. The van der Waals surface area contributed by atoms with Gasteiger partial charge in [-0.3, -0.25) is 4.79 Å². The molecule has 26 heavy (non-hydrogen) atoms. The number of H-pyrrole nitrogens is 1. The molecular formula is C19H19N5O2. The van der Waals surface area contributed by atoms with Crippen LogP contribution in [0.4, 0.5) is 0 Å². The SMILES string of the molecule is O=C(c1ccc2n[nH]nc2n1)N1CC(c2ccccc2)C2COCCC21. The van der Waals surface area contributed by atoms with Crippen LogP contribution in [0.15, 0.2) is 42.5 Å². The average Bonchev–Trinajstić information content (AvgIpc) is 3.32. The average molecular weight is 349 g/mol. The first-order chi connectivity index (χ1) is 12.8. The number of nitrogens with one attached hydrogen (secondary N) is 1. The van der Waals surface area contributed by atoms with Crippen LogP contribution in [0.2, 0.25) is 0 Å². The van der Waals surface area contributed by atoms with Crippen LogP contribution >= 0.6 is 0 Å². The van der Waals surface area contributed by atoms with E-state index in [1.165, 1.54) is 5.56 Å². The maximum atomic E-state index is 13.2. The molecule has 2 aliphatic heterocycles. The first-order valence-corrected chi connectivity index (χ1v) is 8.92. The number of hydrogen-bond acceptors (Lipinski definition) is 5. The summed E-state index contributed by atoms with van der Waals surface area (Å²) in [6, 6.07) is 14.1. The Morgan fingerprint density at radius 2 is 2.04 bits per heavy atom. The number of amides is 1. The minimum Gasteiger partial charge on any atom is -0.381 e. The zero-order valence-corrected chi connectivity index (χ0v) is 14.2. The summed E-state index contributed by atoms with van der Waals surface area (Å²) in [5, 5.41) is 10.5. The van der Waals surface area contributed by atoms with E-state index < -0.39 is 0 Å². The van der Waals surface area contributed by atoms with Crippen LogP contribution < -0.4 is 0 Å². The summed E-state index contributed by atoms with van der Waals surface area (Å²) in [5.74, 6) is 0.581. The zero-order valence-electron chi connectivity index (χ0n) is 14.2. The van der Waals surface area contributed by atoms with Crippen molar-refractivity contribution in [1.29, 1.82) is 0 Å². The molecule has 0 radical (unpaired) electrons. The highest BCUT2D eigenvalue weighted by molar-refractivity contribution is 5.94. The van der Waals surface area contributed by atoms with Gasteiger partial charge in [-0.15, -0.1) is 5.10 Å². The highest BCUT2D eigenvalue weighted by Crippen LogP contribution is 2.41. The fraction of sp³-hybridized carbons (Fsp3) is 0.368. The predicted octanol–water partition coefficient (Wildman–Crippen LogP) is 2.00. The smallest absolute Gasteiger partial charge is 0.272 e. The van der Waals surface area contributed by atoms with Gasteiger partial charge in [0.05, 0.1) is 6.61 Å². The Hall–Kier alpha value is -2.80. The van der Waals surface area contributed by atoms with Crippen LogP contribution in [0, 0.1) is 5.92 Å². The number of aromatic nitrogens is 4. The van der Waals surface area contributed by atoms with Crippen molar-refractivity contribution in [3.8, 4) is 0 Å². The number of likely N-dealkylation sites (tertiary alicyclic amines) is 1. The minimum atomic E-state index is -0.0368. The molecule has 1 aromatic carbocycles. The molecule has 3 aromatic rings. The Morgan fingerprint density at radius 3 is 2.92 bits per heavy atom. The second kappa shape index (κ2) is 6.17. The molecule has 132 valence electrons. The maximum Gasteiger partial charge on any atom is 0.272 e. The molecule has 0 spiro atoms. The van der Waals surface area contributed by atoms with Gasteiger partial charge in [0.1, 0.15) is 11.2 Å². The number of aromatic amines is 1. The van der Waals surface area contributed by atoms with Gasteiger partial charge in [0.2, 0.25) is 5.65 Å². The number of fused-ring (bicyclic) bond motifs is 2. The van der Waals surface area contributed by atoms with Crippen LogP contribution in [0.1, 0.15) is 28.4 Å². The molecule has 7 nitrogen and oxygen atoms in total. The molecule has 3 unspecified atom stereocenters. The number of carbonyl (C=O) groups excluding carboxylic acids is 1. The van der Waals surface area contributed by atoms with Crippen molar-refractivity contribution < 1.29 is 9.53 Å². The highest BCUT2D eigenvalue weighted by atomic mass is 16.5. The monoisotopic (exact) mass is 349 g/mol. The van der Waals surface area contributed by atoms with Gasteiger partial charge in [0.25, 0.3) is 5.91 Å². The van der Waals surface area contributed by atoms with Gasteiger partial charge in [-0.1, -0.05) is 30.3 Å². The molecule has 2 saturated heterocycles. The van der Waals surface area contributed by atoms with Crippen molar-refractivity contribution in [1.82, 2.24) is 25.3 Å². The van der Waals surface area contributed by atoms with Crippen LogP contribution in [-0.4, -0.2) is 57.0 Å². The Bertz CT molecular complexity index is 941. The highest BCUT2D eigenvalue weighted by Gasteiger charge is 2.46. The van der Waals surface area contributed by atoms with Crippen LogP contribution in [0.5, 0.6) is 0 Å². The van der Waals surface area contributed by atoms with E-state index in [9.17, 15) is 4.79 Å². The Labute approximate surface area is 150 Å². The molecule has 2 fully saturated rings. The van der Waals surface area contributed by atoms with Gasteiger partial charge >= 0.3 is 0 Å². The molecule has 3 atom stereocenters. The summed E-state index contributed by atoms with van der Waals surface area (Å²) >= 11 is 0. The number of hydrogen-bond donors (Lipinski definition) is 1. The topological polar surface area (TPSA) is 84.0 Å². The Balaban J connectivity index is 1.48. The lowest BCUT2D eigenvalue weighted by Crippen LogP contribution is -2.42. The number of rotatable bonds is 2. The molecule has 2 aromatic heterocycles. The fourth-order valence-electron chi connectivity index (χ4n) is 4.29. The summed E-state index contributed by atoms with van der Waals surface area (Å²) in [6.45, 7) is 2.09. The predicted molar refractivity (Wildman–Crippen MR) is 94.6 cm³/mol. The number of nitrogens with zero attached hydrogens (tertiary/aromatic N) is 4. The lowest BCUT2D eigenvalue weighted by molar-refractivity contribution is 0.0187. The van der Waals surface area contributed by atoms with E-state index in [0.717, 1.165) is 6.42 Å². The molecule has 1 amide bonds. The summed E-state index contributed by atoms with van der Waals surface area (Å²) in [4.78, 5) is 19.6. The Kier molecular flexibility index (Phi) is 3.67. The lowest BCUT2D eigenvalue weighted by Gasteiger charge is -2.32. The largest absolute Gasteiger partial charge is 0.381 e. The van der Waals surface area contributed by atoms with E-state index in [0.29, 0.717) is 48.5 Å². The van der Waals surface area contributed by atoms with Gasteiger partial charge in [0.15, 0.2) is 0 Å². The van der Waals surface area contributed by atoms with Crippen molar-refractivity contribution in [3.05, 3.63) is 53.7 Å². The molecule has 1 N–H and O–H groups in total. The molecule has 0 aliphatic carbocycles. The van der Waals surface area contributed by atoms with Crippen molar-refractivity contribution in [2.45, 2.75) is 18.4 Å². The summed E-state index contributed by atoms with van der Waals surface area (Å²) in [6.07, 6.45) is 0.867. The van der Waals surface area contributed by atoms with Crippen molar-refractivity contribution in [2.75, 3.05) is 19.8 Å². The summed E-state index contributed by atoms with van der Waals surface area (Å²) in [5.41, 5.74) is 2.82. The lowest BCUT2D eigenvalue weighted by atomic mass is 9.84. The van der Waals surface area contributed by atoms with Crippen LogP contribution in [0.25, 0.3) is 11.2 Å². The number of carbonyl (C=O) groups is 1. The second-order valence-corrected chi connectivity index (χ2v) is 6.93. The standard InChI is InChI=1S/C19H19N5O2/c25-19(16-7-6-15-18(20-16)22-23-21-15)24-10-13(12-4-2-1-3-5-12)14-11-26-9-8-17(14)24/h1-7,13-14,17H,8-11H2,(H,20,21,22,23). The first kappa shape index (κ1) is 15.5.